The number of hydrogen-bond acceptors (Lipinski definition) is 3. The van der Waals surface area contributed by atoms with Gasteiger partial charge in [0.25, 0.3) is 0 Å². The quantitative estimate of drug-likeness (QED) is 0.782. The molecular weight excluding hydrogens is 321 g/mol. The molecule has 0 bridgehead atoms. The Balaban J connectivity index is 0.00000441. The van der Waals surface area contributed by atoms with E-state index in [1.54, 1.807) is 13.8 Å². The minimum atomic E-state index is -4.40. The summed E-state index contributed by atoms with van der Waals surface area (Å²) in [5, 5.41) is 2.61. The van der Waals surface area contributed by atoms with Gasteiger partial charge in [0.1, 0.15) is 12.4 Å². The molecule has 0 heterocycles. The Labute approximate surface area is 133 Å². The maximum absolute atomic E-state index is 12.5. The van der Waals surface area contributed by atoms with Crippen molar-refractivity contribution in [1.82, 2.24) is 5.32 Å². The van der Waals surface area contributed by atoms with Gasteiger partial charge in [-0.1, -0.05) is 13.0 Å². The van der Waals surface area contributed by atoms with Gasteiger partial charge in [0.2, 0.25) is 5.91 Å². The molecule has 1 aromatic carbocycles. The molecule has 0 aliphatic rings. The number of benzene rings is 1. The molecule has 0 saturated carbocycles. The monoisotopic (exact) mass is 340 g/mol. The first kappa shape index (κ1) is 20.5. The number of ether oxygens (including phenoxy) is 1. The summed E-state index contributed by atoms with van der Waals surface area (Å²) in [6.07, 6.45) is -4.40. The molecule has 22 heavy (non-hydrogen) atoms. The summed E-state index contributed by atoms with van der Waals surface area (Å²) in [5.41, 5.74) is 4.82. The van der Waals surface area contributed by atoms with Crippen LogP contribution >= 0.6 is 12.4 Å². The first-order valence-electron chi connectivity index (χ1n) is 6.55. The molecule has 0 spiro atoms. The Hall–Kier alpha value is -1.47. The highest BCUT2D eigenvalue weighted by molar-refractivity contribution is 5.85. The first-order chi connectivity index (χ1) is 9.71. The third kappa shape index (κ3) is 6.53. The number of halogens is 4. The van der Waals surface area contributed by atoms with Gasteiger partial charge in [-0.2, -0.15) is 13.2 Å². The van der Waals surface area contributed by atoms with Crippen molar-refractivity contribution in [3.8, 4) is 5.75 Å². The molecule has 0 fully saturated rings. The Kier molecular flexibility index (Phi) is 8.26. The molecule has 1 amide bonds. The topological polar surface area (TPSA) is 64.4 Å². The second-order valence-electron chi connectivity index (χ2n) is 4.81. The second-order valence-corrected chi connectivity index (χ2v) is 4.81. The first-order valence-corrected chi connectivity index (χ1v) is 6.55. The summed E-state index contributed by atoms with van der Waals surface area (Å²) in [7, 11) is 0. The molecule has 0 radical (unpaired) electrons. The van der Waals surface area contributed by atoms with Crippen LogP contribution in [0.25, 0.3) is 0 Å². The molecule has 1 rings (SSSR count). The van der Waals surface area contributed by atoms with Crippen molar-refractivity contribution in [2.24, 2.45) is 11.7 Å². The highest BCUT2D eigenvalue weighted by Gasteiger charge is 2.30. The van der Waals surface area contributed by atoms with Crippen LogP contribution < -0.4 is 15.8 Å². The van der Waals surface area contributed by atoms with Crippen molar-refractivity contribution < 1.29 is 22.7 Å². The van der Waals surface area contributed by atoms with Gasteiger partial charge < -0.3 is 15.8 Å². The van der Waals surface area contributed by atoms with Crippen molar-refractivity contribution in [3.05, 3.63) is 29.8 Å². The van der Waals surface area contributed by atoms with Crippen molar-refractivity contribution in [2.45, 2.75) is 26.1 Å². The lowest BCUT2D eigenvalue weighted by Crippen LogP contribution is -2.40. The van der Waals surface area contributed by atoms with E-state index in [4.69, 9.17) is 10.5 Å². The van der Waals surface area contributed by atoms with E-state index in [1.807, 2.05) is 0 Å². The van der Waals surface area contributed by atoms with E-state index >= 15 is 0 Å². The van der Waals surface area contributed by atoms with E-state index in [-0.39, 0.29) is 49.2 Å². The summed E-state index contributed by atoms with van der Waals surface area (Å²) >= 11 is 0. The second kappa shape index (κ2) is 8.85. The van der Waals surface area contributed by atoms with Gasteiger partial charge in [-0.3, -0.25) is 4.79 Å². The van der Waals surface area contributed by atoms with Gasteiger partial charge in [0, 0.05) is 12.0 Å². The van der Waals surface area contributed by atoms with E-state index in [9.17, 15) is 18.0 Å². The van der Waals surface area contributed by atoms with Crippen molar-refractivity contribution >= 4 is 18.3 Å². The fraction of sp³-hybridized carbons (Fsp3) is 0.500. The molecule has 0 saturated heterocycles. The zero-order chi connectivity index (χ0) is 16.0. The van der Waals surface area contributed by atoms with Crippen molar-refractivity contribution in [3.63, 3.8) is 0 Å². The van der Waals surface area contributed by atoms with E-state index in [0.717, 1.165) is 12.1 Å². The molecular formula is C14H20ClF3N2O2. The predicted octanol–water partition coefficient (Wildman–Crippen LogP) is 2.61. The number of nitrogens with one attached hydrogen (secondary N) is 1. The van der Waals surface area contributed by atoms with Crippen molar-refractivity contribution in [2.75, 3.05) is 13.2 Å². The van der Waals surface area contributed by atoms with Crippen LogP contribution in [0.2, 0.25) is 0 Å². The SMILES string of the molecule is CC(N)C(C)C(=O)NCCOc1cccc(C(F)(F)F)c1.Cl. The molecule has 2 unspecified atom stereocenters. The summed E-state index contributed by atoms with van der Waals surface area (Å²) in [6, 6.07) is 4.33. The fourth-order valence-electron chi connectivity index (χ4n) is 1.51. The largest absolute Gasteiger partial charge is 0.492 e. The van der Waals surface area contributed by atoms with E-state index in [2.05, 4.69) is 5.32 Å². The molecule has 0 aromatic heterocycles. The summed E-state index contributed by atoms with van der Waals surface area (Å²) in [4.78, 5) is 11.6. The van der Waals surface area contributed by atoms with Crippen LogP contribution in [-0.2, 0) is 11.0 Å². The number of carbonyl (C=O) groups excluding carboxylic acids is 1. The fourth-order valence-corrected chi connectivity index (χ4v) is 1.51. The molecule has 3 N–H and O–H groups in total. The zero-order valence-corrected chi connectivity index (χ0v) is 13.1. The summed E-state index contributed by atoms with van der Waals surface area (Å²) in [6.45, 7) is 3.71. The third-order valence-corrected chi connectivity index (χ3v) is 3.03. The van der Waals surface area contributed by atoms with Crippen LogP contribution in [0.15, 0.2) is 24.3 Å². The highest BCUT2D eigenvalue weighted by Crippen LogP contribution is 2.31. The summed E-state index contributed by atoms with van der Waals surface area (Å²) in [5.74, 6) is -0.435. The summed E-state index contributed by atoms with van der Waals surface area (Å²) < 4.78 is 42.7. The van der Waals surface area contributed by atoms with Gasteiger partial charge >= 0.3 is 6.18 Å². The average molecular weight is 341 g/mol. The van der Waals surface area contributed by atoms with E-state index in [1.165, 1.54) is 12.1 Å². The molecule has 0 aliphatic heterocycles. The molecule has 126 valence electrons. The van der Waals surface area contributed by atoms with Gasteiger partial charge in [-0.25, -0.2) is 0 Å². The minimum absolute atomic E-state index is 0. The van der Waals surface area contributed by atoms with Crippen LogP contribution in [0.1, 0.15) is 19.4 Å². The van der Waals surface area contributed by atoms with Gasteiger partial charge in [0.05, 0.1) is 12.1 Å². The highest BCUT2D eigenvalue weighted by atomic mass is 35.5. The van der Waals surface area contributed by atoms with Crippen LogP contribution in [0.3, 0.4) is 0 Å². The predicted molar refractivity (Wildman–Crippen MR) is 80.0 cm³/mol. The van der Waals surface area contributed by atoms with Crippen LogP contribution in [0.5, 0.6) is 5.75 Å². The number of rotatable bonds is 6. The molecule has 0 aliphatic carbocycles. The van der Waals surface area contributed by atoms with E-state index in [0.29, 0.717) is 0 Å². The maximum Gasteiger partial charge on any atom is 0.416 e. The smallest absolute Gasteiger partial charge is 0.416 e. The lowest BCUT2D eigenvalue weighted by Gasteiger charge is -2.15. The minimum Gasteiger partial charge on any atom is -0.492 e. The molecule has 1 aromatic rings. The zero-order valence-electron chi connectivity index (χ0n) is 12.3. The van der Waals surface area contributed by atoms with Gasteiger partial charge in [-0.15, -0.1) is 12.4 Å². The van der Waals surface area contributed by atoms with Gasteiger partial charge in [-0.05, 0) is 25.1 Å². The number of hydrogen-bond donors (Lipinski definition) is 2. The third-order valence-electron chi connectivity index (χ3n) is 3.03. The Morgan fingerprint density at radius 1 is 1.36 bits per heavy atom. The normalized spacial score (nSPS) is 13.7. The molecule has 2 atom stereocenters. The number of carbonyl (C=O) groups is 1. The number of nitrogens with two attached hydrogens (primary N) is 1. The number of amides is 1. The molecule has 8 heteroatoms. The van der Waals surface area contributed by atoms with Crippen LogP contribution in [-0.4, -0.2) is 25.1 Å². The van der Waals surface area contributed by atoms with Crippen molar-refractivity contribution in [1.29, 1.82) is 0 Å². The molecule has 4 nitrogen and oxygen atoms in total. The average Bonchev–Trinajstić information content (AvgIpc) is 2.41. The standard InChI is InChI=1S/C14H19F3N2O2.ClH/c1-9(10(2)18)13(20)19-6-7-21-12-5-3-4-11(8-12)14(15,16)17;/h3-5,8-10H,6-7,18H2,1-2H3,(H,19,20);1H. The Bertz CT molecular complexity index is 481. The Morgan fingerprint density at radius 2 is 2.00 bits per heavy atom. The lowest BCUT2D eigenvalue weighted by atomic mass is 10.0. The van der Waals surface area contributed by atoms with Gasteiger partial charge in [0.15, 0.2) is 0 Å². The van der Waals surface area contributed by atoms with E-state index < -0.39 is 11.7 Å². The lowest BCUT2D eigenvalue weighted by molar-refractivity contribution is -0.137. The Morgan fingerprint density at radius 3 is 2.55 bits per heavy atom. The van der Waals surface area contributed by atoms with Crippen LogP contribution in [0.4, 0.5) is 13.2 Å². The number of alkyl halides is 3. The maximum atomic E-state index is 12.5. The van der Waals surface area contributed by atoms with Crippen LogP contribution in [0, 0.1) is 5.92 Å².